The minimum absolute atomic E-state index is 0.680. The molecular formula is C13H11N5. The largest absolute Gasteiger partial charge is 0.259 e. The molecule has 0 atom stereocenters. The van der Waals surface area contributed by atoms with Crippen molar-refractivity contribution in [2.24, 2.45) is 0 Å². The lowest BCUT2D eigenvalue weighted by Gasteiger charge is -2.05. The van der Waals surface area contributed by atoms with Crippen LogP contribution in [0, 0.1) is 6.92 Å². The first-order chi connectivity index (χ1) is 8.84. The summed E-state index contributed by atoms with van der Waals surface area (Å²) in [6.07, 6.45) is 8.51. The smallest absolute Gasteiger partial charge is 0.172 e. The number of aromatic nitrogens is 5. The van der Waals surface area contributed by atoms with Crippen molar-refractivity contribution in [3.63, 3.8) is 0 Å². The summed E-state index contributed by atoms with van der Waals surface area (Å²) in [4.78, 5) is 12.7. The number of pyridine rings is 1. The molecule has 3 heterocycles. The molecule has 0 aliphatic carbocycles. The second-order valence-electron chi connectivity index (χ2n) is 3.91. The summed E-state index contributed by atoms with van der Waals surface area (Å²) >= 11 is 0. The number of rotatable bonds is 2. The summed E-state index contributed by atoms with van der Waals surface area (Å²) in [5, 5.41) is 4.26. The highest BCUT2D eigenvalue weighted by Gasteiger charge is 2.08. The van der Waals surface area contributed by atoms with Crippen molar-refractivity contribution in [1.82, 2.24) is 24.7 Å². The lowest BCUT2D eigenvalue weighted by Crippen LogP contribution is -2.02. The molecule has 0 aromatic carbocycles. The van der Waals surface area contributed by atoms with Crippen LogP contribution in [0.3, 0.4) is 0 Å². The molecule has 0 spiro atoms. The molecule has 5 heteroatoms. The minimum atomic E-state index is 0.680. The first-order valence-electron chi connectivity index (χ1n) is 5.58. The molecule has 88 valence electrons. The Morgan fingerprint density at radius 3 is 2.61 bits per heavy atom. The van der Waals surface area contributed by atoms with Crippen molar-refractivity contribution in [2.75, 3.05) is 0 Å². The van der Waals surface area contributed by atoms with Gasteiger partial charge in [0.2, 0.25) is 0 Å². The molecule has 0 bridgehead atoms. The van der Waals surface area contributed by atoms with Gasteiger partial charge in [0.05, 0.1) is 23.8 Å². The lowest BCUT2D eigenvalue weighted by atomic mass is 10.2. The van der Waals surface area contributed by atoms with Crippen LogP contribution in [0.1, 0.15) is 5.56 Å². The second-order valence-corrected chi connectivity index (χ2v) is 3.91. The number of hydrogen-bond acceptors (Lipinski definition) is 4. The summed E-state index contributed by atoms with van der Waals surface area (Å²) in [6, 6.07) is 5.90. The average Bonchev–Trinajstić information content (AvgIpc) is 2.90. The fourth-order valence-electron chi connectivity index (χ4n) is 1.70. The third-order valence-corrected chi connectivity index (χ3v) is 2.58. The van der Waals surface area contributed by atoms with Crippen molar-refractivity contribution >= 4 is 0 Å². The van der Waals surface area contributed by atoms with Gasteiger partial charge in [-0.15, -0.1) is 0 Å². The summed E-state index contributed by atoms with van der Waals surface area (Å²) in [5.74, 6) is 0.680. The highest BCUT2D eigenvalue weighted by atomic mass is 15.3. The Morgan fingerprint density at radius 2 is 1.89 bits per heavy atom. The van der Waals surface area contributed by atoms with E-state index in [1.54, 1.807) is 29.5 Å². The Labute approximate surface area is 104 Å². The van der Waals surface area contributed by atoms with E-state index in [0.29, 0.717) is 5.82 Å². The van der Waals surface area contributed by atoms with Gasteiger partial charge in [0, 0.05) is 18.6 Å². The van der Waals surface area contributed by atoms with Crippen LogP contribution in [0.5, 0.6) is 0 Å². The van der Waals surface area contributed by atoms with Crippen LogP contribution >= 0.6 is 0 Å². The highest BCUT2D eigenvalue weighted by molar-refractivity contribution is 5.56. The Kier molecular flexibility index (Phi) is 2.57. The summed E-state index contributed by atoms with van der Waals surface area (Å²) in [7, 11) is 0. The summed E-state index contributed by atoms with van der Waals surface area (Å²) in [6.45, 7) is 2.01. The van der Waals surface area contributed by atoms with Gasteiger partial charge in [-0.1, -0.05) is 6.07 Å². The molecule has 0 radical (unpaired) electrons. The quantitative estimate of drug-likeness (QED) is 0.684. The molecule has 18 heavy (non-hydrogen) atoms. The van der Waals surface area contributed by atoms with E-state index in [9.17, 15) is 0 Å². The molecule has 0 aliphatic heterocycles. The molecule has 0 saturated heterocycles. The lowest BCUT2D eigenvalue weighted by molar-refractivity contribution is 0.841. The van der Waals surface area contributed by atoms with Crippen LogP contribution in [-0.4, -0.2) is 24.7 Å². The van der Waals surface area contributed by atoms with Gasteiger partial charge in [0.15, 0.2) is 5.82 Å². The van der Waals surface area contributed by atoms with E-state index in [0.717, 1.165) is 17.0 Å². The van der Waals surface area contributed by atoms with Crippen LogP contribution < -0.4 is 0 Å². The van der Waals surface area contributed by atoms with E-state index in [-0.39, 0.29) is 0 Å². The van der Waals surface area contributed by atoms with Gasteiger partial charge >= 0.3 is 0 Å². The maximum absolute atomic E-state index is 4.40. The van der Waals surface area contributed by atoms with Gasteiger partial charge in [0.1, 0.15) is 0 Å². The maximum atomic E-state index is 4.40. The predicted molar refractivity (Wildman–Crippen MR) is 67.1 cm³/mol. The van der Waals surface area contributed by atoms with E-state index in [4.69, 9.17) is 0 Å². The molecule has 3 aromatic heterocycles. The van der Waals surface area contributed by atoms with Crippen molar-refractivity contribution in [2.45, 2.75) is 6.92 Å². The monoisotopic (exact) mass is 237 g/mol. The van der Waals surface area contributed by atoms with Crippen molar-refractivity contribution in [1.29, 1.82) is 0 Å². The zero-order chi connectivity index (χ0) is 12.4. The van der Waals surface area contributed by atoms with E-state index >= 15 is 0 Å². The third kappa shape index (κ3) is 1.86. The van der Waals surface area contributed by atoms with Crippen molar-refractivity contribution in [3.05, 3.63) is 54.7 Å². The molecule has 3 rings (SSSR count). The van der Waals surface area contributed by atoms with Crippen molar-refractivity contribution in [3.8, 4) is 17.2 Å². The molecular weight excluding hydrogens is 226 g/mol. The molecule has 5 nitrogen and oxygen atoms in total. The zero-order valence-corrected chi connectivity index (χ0v) is 9.85. The Bertz CT molecular complexity index is 643. The predicted octanol–water partition coefficient (Wildman–Crippen LogP) is 2.03. The zero-order valence-electron chi connectivity index (χ0n) is 9.85. The highest BCUT2D eigenvalue weighted by Crippen LogP contribution is 2.18. The molecule has 0 unspecified atom stereocenters. The third-order valence-electron chi connectivity index (χ3n) is 2.58. The fourth-order valence-corrected chi connectivity index (χ4v) is 1.70. The molecule has 0 amide bonds. The van der Waals surface area contributed by atoms with Gasteiger partial charge in [-0.05, 0) is 24.6 Å². The van der Waals surface area contributed by atoms with E-state index < -0.39 is 0 Å². The van der Waals surface area contributed by atoms with Gasteiger partial charge in [-0.25, -0.2) is 9.67 Å². The van der Waals surface area contributed by atoms with Crippen LogP contribution in [0.2, 0.25) is 0 Å². The normalized spacial score (nSPS) is 10.5. The van der Waals surface area contributed by atoms with Crippen LogP contribution in [0.4, 0.5) is 0 Å². The summed E-state index contributed by atoms with van der Waals surface area (Å²) < 4.78 is 1.73. The van der Waals surface area contributed by atoms with E-state index in [2.05, 4.69) is 20.1 Å². The van der Waals surface area contributed by atoms with Crippen LogP contribution in [0.15, 0.2) is 49.2 Å². The molecule has 0 N–H and O–H groups in total. The van der Waals surface area contributed by atoms with E-state index in [1.165, 1.54) is 0 Å². The van der Waals surface area contributed by atoms with Crippen LogP contribution in [0.25, 0.3) is 17.2 Å². The molecule has 0 fully saturated rings. The second kappa shape index (κ2) is 4.37. The molecule has 0 aliphatic rings. The van der Waals surface area contributed by atoms with Crippen molar-refractivity contribution < 1.29 is 0 Å². The Balaban J connectivity index is 2.10. The fraction of sp³-hybridized carbons (Fsp3) is 0.0769. The van der Waals surface area contributed by atoms with Gasteiger partial charge in [0.25, 0.3) is 0 Å². The topological polar surface area (TPSA) is 56.5 Å². The van der Waals surface area contributed by atoms with Crippen LogP contribution in [-0.2, 0) is 0 Å². The number of hydrogen-bond donors (Lipinski definition) is 0. The first kappa shape index (κ1) is 10.6. The standard InChI is InChI=1S/C13H11N5/c1-10-2-3-11(16-8-10)12-4-5-17-18(12)13-9-14-6-7-15-13/h2-9H,1H3. The Morgan fingerprint density at radius 1 is 0.944 bits per heavy atom. The first-order valence-corrected chi connectivity index (χ1v) is 5.58. The van der Waals surface area contributed by atoms with Gasteiger partial charge in [-0.2, -0.15) is 5.10 Å². The Hall–Kier alpha value is -2.56. The molecule has 3 aromatic rings. The van der Waals surface area contributed by atoms with Gasteiger partial charge in [-0.3, -0.25) is 9.97 Å². The average molecular weight is 237 g/mol. The number of aryl methyl sites for hydroxylation is 1. The van der Waals surface area contributed by atoms with E-state index in [1.807, 2.05) is 31.3 Å². The maximum Gasteiger partial charge on any atom is 0.172 e. The summed E-state index contributed by atoms with van der Waals surface area (Å²) in [5.41, 5.74) is 2.89. The SMILES string of the molecule is Cc1ccc(-c2ccnn2-c2cnccn2)nc1. The van der Waals surface area contributed by atoms with Gasteiger partial charge < -0.3 is 0 Å². The number of nitrogens with zero attached hydrogens (tertiary/aromatic N) is 5. The molecule has 0 saturated carbocycles. The minimum Gasteiger partial charge on any atom is -0.259 e.